The Morgan fingerprint density at radius 3 is 2.59 bits per heavy atom. The average Bonchev–Trinajstić information content (AvgIpc) is 2.63. The number of methoxy groups -OCH3 is 1. The monoisotopic (exact) mass is 416 g/mol. The largest absolute Gasteiger partial charge is 0.495 e. The molecule has 1 amide bonds. The van der Waals surface area contributed by atoms with Gasteiger partial charge in [-0.2, -0.15) is 0 Å². The molecule has 1 N–H and O–H groups in total. The van der Waals surface area contributed by atoms with Gasteiger partial charge in [-0.15, -0.1) is 0 Å². The van der Waals surface area contributed by atoms with Crippen LogP contribution in [0.3, 0.4) is 0 Å². The summed E-state index contributed by atoms with van der Waals surface area (Å²) in [6.45, 7) is 0.945. The number of amides is 1. The van der Waals surface area contributed by atoms with E-state index in [1.807, 2.05) is 0 Å². The first-order chi connectivity index (χ1) is 12.8. The van der Waals surface area contributed by atoms with Crippen molar-refractivity contribution in [1.82, 2.24) is 5.32 Å². The first kappa shape index (κ1) is 21.8. The third-order valence-corrected chi connectivity index (χ3v) is 6.39. The number of rotatable bonds is 9. The van der Waals surface area contributed by atoms with Gasteiger partial charge in [-0.05, 0) is 43.4 Å². The van der Waals surface area contributed by atoms with E-state index >= 15 is 0 Å². The van der Waals surface area contributed by atoms with Crippen molar-refractivity contribution >= 4 is 33.2 Å². The molecule has 1 saturated carbocycles. The first-order valence-electron chi connectivity index (χ1n) is 9.39. The van der Waals surface area contributed by atoms with Crippen LogP contribution in [0.1, 0.15) is 44.9 Å². The van der Waals surface area contributed by atoms with Crippen molar-refractivity contribution in [2.24, 2.45) is 5.92 Å². The van der Waals surface area contributed by atoms with Crippen molar-refractivity contribution in [3.8, 4) is 5.75 Å². The van der Waals surface area contributed by atoms with Crippen LogP contribution in [0, 0.1) is 5.92 Å². The number of nitrogens with one attached hydrogen (secondary N) is 1. The van der Waals surface area contributed by atoms with Gasteiger partial charge in [0.15, 0.2) is 0 Å². The van der Waals surface area contributed by atoms with Gasteiger partial charge < -0.3 is 10.1 Å². The molecule has 0 spiro atoms. The molecule has 1 aromatic carbocycles. The van der Waals surface area contributed by atoms with Crippen LogP contribution < -0.4 is 14.4 Å². The van der Waals surface area contributed by atoms with Gasteiger partial charge in [-0.25, -0.2) is 8.42 Å². The third kappa shape index (κ3) is 6.88. The van der Waals surface area contributed by atoms with Crippen LogP contribution in [-0.4, -0.2) is 40.8 Å². The van der Waals surface area contributed by atoms with Gasteiger partial charge in [-0.1, -0.05) is 30.9 Å². The highest BCUT2D eigenvalue weighted by atomic mass is 35.5. The molecule has 1 aliphatic rings. The Morgan fingerprint density at radius 2 is 2.00 bits per heavy atom. The second kappa shape index (κ2) is 10.2. The molecule has 0 radical (unpaired) electrons. The van der Waals surface area contributed by atoms with Gasteiger partial charge in [0.05, 0.1) is 24.1 Å². The third-order valence-electron chi connectivity index (χ3n) is 4.90. The molecule has 0 bridgehead atoms. The van der Waals surface area contributed by atoms with E-state index in [9.17, 15) is 13.2 Å². The molecule has 1 aromatic rings. The van der Waals surface area contributed by atoms with Crippen molar-refractivity contribution < 1.29 is 17.9 Å². The molecule has 27 heavy (non-hydrogen) atoms. The van der Waals surface area contributed by atoms with Crippen LogP contribution >= 0.6 is 11.6 Å². The fourth-order valence-corrected chi connectivity index (χ4v) is 4.63. The number of nitrogens with zero attached hydrogens (tertiary/aromatic N) is 1. The molecular formula is C19H29ClN2O4S. The van der Waals surface area contributed by atoms with Crippen molar-refractivity contribution in [2.45, 2.75) is 44.9 Å². The van der Waals surface area contributed by atoms with Gasteiger partial charge >= 0.3 is 0 Å². The predicted molar refractivity (Wildman–Crippen MR) is 109 cm³/mol. The van der Waals surface area contributed by atoms with Crippen LogP contribution in [0.4, 0.5) is 5.69 Å². The minimum atomic E-state index is -3.48. The minimum absolute atomic E-state index is 0.0261. The lowest BCUT2D eigenvalue weighted by Crippen LogP contribution is -2.33. The standard InChI is InChI=1S/C19H29ClN2O4S/c1-26-18-11-10-16(13-17(18)20)22(27(2,24)25)12-6-9-19(23)21-14-15-7-4-3-5-8-15/h10-11,13,15H,3-9,12,14H2,1-2H3,(H,21,23). The number of hydrogen-bond donors (Lipinski definition) is 1. The highest BCUT2D eigenvalue weighted by molar-refractivity contribution is 7.92. The van der Waals surface area contributed by atoms with E-state index in [0.29, 0.717) is 35.2 Å². The summed E-state index contributed by atoms with van der Waals surface area (Å²) in [6, 6.07) is 4.84. The van der Waals surface area contributed by atoms with E-state index in [2.05, 4.69) is 5.32 Å². The number of hydrogen-bond acceptors (Lipinski definition) is 4. The fourth-order valence-electron chi connectivity index (χ4n) is 3.42. The van der Waals surface area contributed by atoms with Crippen LogP contribution in [0.15, 0.2) is 18.2 Å². The smallest absolute Gasteiger partial charge is 0.232 e. The molecule has 152 valence electrons. The topological polar surface area (TPSA) is 75.7 Å². The molecule has 0 heterocycles. The molecule has 8 heteroatoms. The molecule has 0 saturated heterocycles. The summed E-state index contributed by atoms with van der Waals surface area (Å²) >= 11 is 6.11. The van der Waals surface area contributed by atoms with Crippen LogP contribution in [0.25, 0.3) is 0 Å². The van der Waals surface area contributed by atoms with Crippen molar-refractivity contribution in [2.75, 3.05) is 30.8 Å². The zero-order valence-electron chi connectivity index (χ0n) is 16.0. The highest BCUT2D eigenvalue weighted by Gasteiger charge is 2.19. The van der Waals surface area contributed by atoms with Crippen LogP contribution in [0.5, 0.6) is 5.75 Å². The number of anilines is 1. The van der Waals surface area contributed by atoms with Gasteiger partial charge in [-0.3, -0.25) is 9.10 Å². The van der Waals surface area contributed by atoms with Gasteiger partial charge in [0.1, 0.15) is 5.75 Å². The molecule has 0 aromatic heterocycles. The Hall–Kier alpha value is -1.47. The number of halogens is 1. The zero-order chi connectivity index (χ0) is 19.9. The molecule has 1 fully saturated rings. The Morgan fingerprint density at radius 1 is 1.30 bits per heavy atom. The second-order valence-corrected chi connectivity index (χ2v) is 9.38. The predicted octanol–water partition coefficient (Wildman–Crippen LogP) is 3.59. The van der Waals surface area contributed by atoms with E-state index in [4.69, 9.17) is 16.3 Å². The van der Waals surface area contributed by atoms with E-state index in [-0.39, 0.29) is 12.5 Å². The van der Waals surface area contributed by atoms with E-state index in [0.717, 1.165) is 12.8 Å². The van der Waals surface area contributed by atoms with E-state index in [1.165, 1.54) is 43.5 Å². The normalized spacial score (nSPS) is 15.4. The maximum Gasteiger partial charge on any atom is 0.232 e. The average molecular weight is 417 g/mol. The SMILES string of the molecule is COc1ccc(N(CCCC(=O)NCC2CCCCC2)S(C)(=O)=O)cc1Cl. The fraction of sp³-hybridized carbons (Fsp3) is 0.632. The van der Waals surface area contributed by atoms with Crippen molar-refractivity contribution in [3.63, 3.8) is 0 Å². The van der Waals surface area contributed by atoms with Crippen molar-refractivity contribution in [1.29, 1.82) is 0 Å². The lowest BCUT2D eigenvalue weighted by atomic mass is 9.89. The van der Waals surface area contributed by atoms with Crippen LogP contribution in [0.2, 0.25) is 5.02 Å². The molecule has 0 atom stereocenters. The lowest BCUT2D eigenvalue weighted by Gasteiger charge is -2.23. The summed E-state index contributed by atoms with van der Waals surface area (Å²) in [7, 11) is -1.98. The Kier molecular flexibility index (Phi) is 8.23. The molecule has 0 unspecified atom stereocenters. The van der Waals surface area contributed by atoms with Crippen molar-refractivity contribution in [3.05, 3.63) is 23.2 Å². The number of sulfonamides is 1. The number of benzene rings is 1. The summed E-state index contributed by atoms with van der Waals surface area (Å²) in [5.74, 6) is 1.04. The summed E-state index contributed by atoms with van der Waals surface area (Å²) < 4.78 is 30.7. The molecule has 1 aliphatic carbocycles. The maximum atomic E-state index is 12.2. The quantitative estimate of drug-likeness (QED) is 0.667. The number of carbonyl (C=O) groups is 1. The highest BCUT2D eigenvalue weighted by Crippen LogP contribution is 2.30. The summed E-state index contributed by atoms with van der Waals surface area (Å²) in [5, 5.41) is 3.33. The molecule has 0 aliphatic heterocycles. The Balaban J connectivity index is 1.87. The number of carbonyl (C=O) groups excluding carboxylic acids is 1. The van der Waals surface area contributed by atoms with E-state index < -0.39 is 10.0 Å². The zero-order valence-corrected chi connectivity index (χ0v) is 17.6. The molecule has 6 nitrogen and oxygen atoms in total. The minimum Gasteiger partial charge on any atom is -0.495 e. The second-order valence-electron chi connectivity index (χ2n) is 7.07. The molecule has 2 rings (SSSR count). The van der Waals surface area contributed by atoms with Gasteiger partial charge in [0, 0.05) is 19.5 Å². The number of ether oxygens (including phenoxy) is 1. The summed E-state index contributed by atoms with van der Waals surface area (Å²) in [4.78, 5) is 12.1. The lowest BCUT2D eigenvalue weighted by molar-refractivity contribution is -0.121. The maximum absolute atomic E-state index is 12.2. The Bertz CT molecular complexity index is 733. The van der Waals surface area contributed by atoms with Crippen LogP contribution in [-0.2, 0) is 14.8 Å². The summed E-state index contributed by atoms with van der Waals surface area (Å²) in [5.41, 5.74) is 0.464. The molecular weight excluding hydrogens is 388 g/mol. The van der Waals surface area contributed by atoms with E-state index in [1.54, 1.807) is 18.2 Å². The Labute approximate surface area is 167 Å². The van der Waals surface area contributed by atoms with Gasteiger partial charge in [0.2, 0.25) is 15.9 Å². The van der Waals surface area contributed by atoms with Gasteiger partial charge in [0.25, 0.3) is 0 Å². The first-order valence-corrected chi connectivity index (χ1v) is 11.6. The summed E-state index contributed by atoms with van der Waals surface area (Å²) in [6.07, 6.45) is 8.02.